The first-order chi connectivity index (χ1) is 20.2. The lowest BCUT2D eigenvalue weighted by molar-refractivity contribution is -0.140. The summed E-state index contributed by atoms with van der Waals surface area (Å²) in [7, 11) is 0. The Morgan fingerprint density at radius 3 is 2.10 bits per heavy atom. The summed E-state index contributed by atoms with van der Waals surface area (Å²) in [6, 6.07) is 13.8. The van der Waals surface area contributed by atoms with E-state index < -0.39 is 0 Å². The fourth-order valence-electron chi connectivity index (χ4n) is 11.8. The SMILES string of the molecule is C[C@@]12C[C@@H]3C[C@@H](CC(NC(=O)c4ccc5[nH]c(-c6ccc(NC(=O)C78CC9CC(CC(C9)C7)C8)cc6)nc5c4)(C3)C1)C2. The van der Waals surface area contributed by atoms with Crippen molar-refractivity contribution in [1.82, 2.24) is 15.3 Å². The highest BCUT2D eigenvalue weighted by molar-refractivity contribution is 5.98. The van der Waals surface area contributed by atoms with Crippen molar-refractivity contribution in [3.05, 3.63) is 48.0 Å². The minimum Gasteiger partial charge on any atom is -0.347 e. The highest BCUT2D eigenvalue weighted by atomic mass is 16.2. The van der Waals surface area contributed by atoms with Crippen LogP contribution < -0.4 is 10.6 Å². The number of aromatic nitrogens is 2. The van der Waals surface area contributed by atoms with Gasteiger partial charge >= 0.3 is 0 Å². The molecule has 1 unspecified atom stereocenters. The summed E-state index contributed by atoms with van der Waals surface area (Å²) in [6.45, 7) is 2.44. The average Bonchev–Trinajstić information content (AvgIpc) is 3.35. The molecule has 8 aliphatic rings. The molecule has 1 aromatic heterocycles. The number of hydrogen-bond donors (Lipinski definition) is 3. The summed E-state index contributed by atoms with van der Waals surface area (Å²) in [6.07, 6.45) is 14.6. The van der Waals surface area contributed by atoms with Crippen molar-refractivity contribution in [2.45, 2.75) is 89.5 Å². The molecule has 42 heavy (non-hydrogen) atoms. The van der Waals surface area contributed by atoms with Crippen LogP contribution in [-0.2, 0) is 4.79 Å². The lowest BCUT2D eigenvalue weighted by atomic mass is 9.47. The number of fused-ring (bicyclic) bond motifs is 1. The molecule has 8 fully saturated rings. The monoisotopic (exact) mass is 562 g/mol. The lowest BCUT2D eigenvalue weighted by Crippen LogP contribution is -2.62. The molecule has 6 heteroatoms. The number of carbonyl (C=O) groups is 2. The van der Waals surface area contributed by atoms with Gasteiger partial charge in [-0.3, -0.25) is 9.59 Å². The Morgan fingerprint density at radius 1 is 0.810 bits per heavy atom. The van der Waals surface area contributed by atoms with Crippen LogP contribution in [0.5, 0.6) is 0 Å². The van der Waals surface area contributed by atoms with Crippen molar-refractivity contribution in [2.24, 2.45) is 40.4 Å². The number of nitrogens with zero attached hydrogens (tertiary/aromatic N) is 1. The van der Waals surface area contributed by atoms with Crippen LogP contribution in [0.3, 0.4) is 0 Å². The largest absolute Gasteiger partial charge is 0.347 e. The van der Waals surface area contributed by atoms with Crippen LogP contribution >= 0.6 is 0 Å². The first-order valence-electron chi connectivity index (χ1n) is 16.5. The van der Waals surface area contributed by atoms with Gasteiger partial charge in [0.15, 0.2) is 0 Å². The maximum absolute atomic E-state index is 13.5. The second-order valence-corrected chi connectivity index (χ2v) is 16.1. The number of anilines is 1. The summed E-state index contributed by atoms with van der Waals surface area (Å²) >= 11 is 0. The molecule has 0 spiro atoms. The van der Waals surface area contributed by atoms with Crippen LogP contribution in [0.1, 0.15) is 94.3 Å². The molecule has 2 amide bonds. The number of hydrogen-bond acceptors (Lipinski definition) is 3. The van der Waals surface area contributed by atoms with E-state index in [2.05, 4.69) is 22.5 Å². The van der Waals surface area contributed by atoms with Gasteiger partial charge in [0.05, 0.1) is 16.4 Å². The van der Waals surface area contributed by atoms with E-state index in [4.69, 9.17) is 4.98 Å². The molecule has 8 bridgehead atoms. The summed E-state index contributed by atoms with van der Waals surface area (Å²) in [5.41, 5.74) is 4.44. The van der Waals surface area contributed by atoms with Crippen molar-refractivity contribution in [3.63, 3.8) is 0 Å². The molecule has 0 aliphatic heterocycles. The molecule has 3 aromatic rings. The summed E-state index contributed by atoms with van der Waals surface area (Å²) in [5, 5.41) is 6.79. The van der Waals surface area contributed by atoms with Crippen LogP contribution in [0, 0.1) is 40.4 Å². The number of aromatic amines is 1. The average molecular weight is 563 g/mol. The van der Waals surface area contributed by atoms with Crippen molar-refractivity contribution < 1.29 is 9.59 Å². The van der Waals surface area contributed by atoms with Gasteiger partial charge in [0.25, 0.3) is 5.91 Å². The molecule has 11 rings (SSSR count). The number of imidazole rings is 1. The van der Waals surface area contributed by atoms with Crippen LogP contribution in [-0.4, -0.2) is 27.3 Å². The molecular formula is C36H42N4O2. The summed E-state index contributed by atoms with van der Waals surface area (Å²) in [4.78, 5) is 35.3. The third kappa shape index (κ3) is 4.07. The Labute approximate surface area is 247 Å². The van der Waals surface area contributed by atoms with Gasteiger partial charge in [-0.2, -0.15) is 0 Å². The smallest absolute Gasteiger partial charge is 0.251 e. The zero-order valence-electron chi connectivity index (χ0n) is 24.7. The summed E-state index contributed by atoms with van der Waals surface area (Å²) in [5.74, 6) is 4.83. The molecule has 6 nitrogen and oxygen atoms in total. The molecule has 2 aromatic carbocycles. The minimum absolute atomic E-state index is 0.0333. The van der Waals surface area contributed by atoms with Gasteiger partial charge in [0.2, 0.25) is 5.91 Å². The van der Waals surface area contributed by atoms with E-state index in [0.29, 0.717) is 11.0 Å². The zero-order valence-corrected chi connectivity index (χ0v) is 24.7. The summed E-state index contributed by atoms with van der Waals surface area (Å²) < 4.78 is 0. The molecule has 218 valence electrons. The molecule has 4 atom stereocenters. The zero-order chi connectivity index (χ0) is 28.3. The van der Waals surface area contributed by atoms with Gasteiger partial charge in [-0.05, 0) is 155 Å². The molecule has 8 saturated carbocycles. The van der Waals surface area contributed by atoms with E-state index in [-0.39, 0.29) is 22.8 Å². The Hall–Kier alpha value is -3.15. The second-order valence-electron chi connectivity index (χ2n) is 16.1. The second kappa shape index (κ2) is 8.70. The van der Waals surface area contributed by atoms with Crippen LogP contribution in [0.25, 0.3) is 22.4 Å². The normalized spacial score (nSPS) is 39.1. The molecule has 0 radical (unpaired) electrons. The Balaban J connectivity index is 0.901. The van der Waals surface area contributed by atoms with E-state index in [0.717, 1.165) is 96.2 Å². The highest BCUT2D eigenvalue weighted by Crippen LogP contribution is 2.62. The molecular weight excluding hydrogens is 520 g/mol. The number of carbonyl (C=O) groups excluding carboxylic acids is 2. The number of nitrogens with one attached hydrogen (secondary N) is 3. The van der Waals surface area contributed by atoms with Crippen LogP contribution in [0.4, 0.5) is 5.69 Å². The van der Waals surface area contributed by atoms with Crippen LogP contribution in [0.15, 0.2) is 42.5 Å². The maximum atomic E-state index is 13.5. The predicted molar refractivity (Wildman–Crippen MR) is 164 cm³/mol. The third-order valence-electron chi connectivity index (χ3n) is 12.4. The number of rotatable bonds is 5. The van der Waals surface area contributed by atoms with Gasteiger partial charge in [0.1, 0.15) is 5.82 Å². The Bertz CT molecular complexity index is 1550. The van der Waals surface area contributed by atoms with Gasteiger partial charge in [-0.25, -0.2) is 4.98 Å². The van der Waals surface area contributed by atoms with Gasteiger partial charge in [-0.1, -0.05) is 6.92 Å². The minimum atomic E-state index is -0.149. The topological polar surface area (TPSA) is 86.9 Å². The lowest BCUT2D eigenvalue weighted by Gasteiger charge is -2.61. The van der Waals surface area contributed by atoms with Crippen LogP contribution in [0.2, 0.25) is 0 Å². The Morgan fingerprint density at radius 2 is 1.45 bits per heavy atom. The Kier molecular flexibility index (Phi) is 5.25. The fraction of sp³-hybridized carbons (Fsp3) is 0.583. The number of H-pyrrole nitrogens is 1. The molecule has 8 aliphatic carbocycles. The molecule has 3 N–H and O–H groups in total. The third-order valence-corrected chi connectivity index (χ3v) is 12.4. The highest BCUT2D eigenvalue weighted by Gasteiger charge is 2.57. The maximum Gasteiger partial charge on any atom is 0.251 e. The predicted octanol–water partition coefficient (Wildman–Crippen LogP) is 7.47. The van der Waals surface area contributed by atoms with Crippen molar-refractivity contribution in [1.29, 1.82) is 0 Å². The first kappa shape index (κ1) is 25.4. The van der Waals surface area contributed by atoms with Crippen molar-refractivity contribution in [2.75, 3.05) is 5.32 Å². The number of benzene rings is 2. The van der Waals surface area contributed by atoms with E-state index in [1.54, 1.807) is 0 Å². The van der Waals surface area contributed by atoms with Gasteiger partial charge in [0, 0.05) is 22.4 Å². The van der Waals surface area contributed by atoms with Crippen molar-refractivity contribution >= 4 is 28.5 Å². The van der Waals surface area contributed by atoms with E-state index >= 15 is 0 Å². The standard InChI is InChI=1S/C36H42N4O2/c1-34-13-24-11-25(14-34)19-36(18-24,20-34)40-32(41)27-4-7-29-30(12-27)39-31(38-29)26-2-5-28(6-3-26)37-33(42)35-15-21-8-22(16-35)10-23(9-21)17-35/h2-7,12,21-25H,8-11,13-20H2,1H3,(H,37,42)(H,38,39)(H,40,41)/t21?,22?,23?,24-,25+,34-,35?,36?. The van der Waals surface area contributed by atoms with E-state index in [9.17, 15) is 9.59 Å². The molecule has 1 heterocycles. The van der Waals surface area contributed by atoms with Gasteiger partial charge < -0.3 is 15.6 Å². The van der Waals surface area contributed by atoms with E-state index in [1.807, 2.05) is 42.5 Å². The molecule has 0 saturated heterocycles. The van der Waals surface area contributed by atoms with Gasteiger partial charge in [-0.15, -0.1) is 0 Å². The van der Waals surface area contributed by atoms with E-state index in [1.165, 1.54) is 38.5 Å². The fourth-order valence-corrected chi connectivity index (χ4v) is 11.8. The first-order valence-corrected chi connectivity index (χ1v) is 16.5. The number of amides is 2. The van der Waals surface area contributed by atoms with Crippen molar-refractivity contribution in [3.8, 4) is 11.4 Å². The quantitative estimate of drug-likeness (QED) is 0.301.